The number of ether oxygens (including phenoxy) is 2. The number of likely N-dealkylation sites (tertiary alicyclic amines) is 1. The number of rotatable bonds is 8. The fourth-order valence-electron chi connectivity index (χ4n) is 6.41. The molecule has 1 atom stereocenters. The number of fused-ring (bicyclic) bond motifs is 1. The quantitative estimate of drug-likeness (QED) is 0.148. The number of nitro groups is 1. The molecule has 1 aromatic carbocycles. The van der Waals surface area contributed by atoms with Crippen LogP contribution in [-0.4, -0.2) is 78.3 Å². The number of benzene rings is 1. The van der Waals surface area contributed by atoms with Gasteiger partial charge >= 0.3 is 12.2 Å². The predicted molar refractivity (Wildman–Crippen MR) is 179 cm³/mol. The predicted octanol–water partition coefficient (Wildman–Crippen LogP) is 5.95. The molecule has 15 heteroatoms. The molecular formula is C33H43N9O6. The average Bonchev–Trinajstić information content (AvgIpc) is 3.72. The van der Waals surface area contributed by atoms with E-state index in [-0.39, 0.29) is 41.7 Å². The van der Waals surface area contributed by atoms with Crippen LogP contribution in [0.3, 0.4) is 0 Å². The van der Waals surface area contributed by atoms with Crippen LogP contribution >= 0.6 is 0 Å². The van der Waals surface area contributed by atoms with Crippen molar-refractivity contribution < 1.29 is 24.0 Å². The summed E-state index contributed by atoms with van der Waals surface area (Å²) in [4.78, 5) is 51.7. The van der Waals surface area contributed by atoms with E-state index in [1.54, 1.807) is 4.90 Å². The van der Waals surface area contributed by atoms with Crippen LogP contribution in [0.4, 0.5) is 27.0 Å². The highest BCUT2D eigenvalue weighted by molar-refractivity contribution is 5.84. The van der Waals surface area contributed by atoms with Crippen molar-refractivity contribution >= 4 is 40.8 Å². The van der Waals surface area contributed by atoms with Gasteiger partial charge in [0.05, 0.1) is 17.3 Å². The highest BCUT2D eigenvalue weighted by Crippen LogP contribution is 2.31. The largest absolute Gasteiger partial charge is 0.444 e. The Labute approximate surface area is 278 Å². The number of hydrogen-bond acceptors (Lipinski definition) is 11. The molecule has 3 heterocycles. The maximum atomic E-state index is 12.8. The van der Waals surface area contributed by atoms with Gasteiger partial charge in [-0.2, -0.15) is 9.97 Å². The minimum atomic E-state index is -0.536. The van der Waals surface area contributed by atoms with Crippen molar-refractivity contribution in [2.75, 3.05) is 23.7 Å². The van der Waals surface area contributed by atoms with Gasteiger partial charge in [-0.1, -0.05) is 12.2 Å². The Kier molecular flexibility index (Phi) is 9.64. The zero-order chi connectivity index (χ0) is 33.8. The van der Waals surface area contributed by atoms with Crippen LogP contribution in [0.25, 0.3) is 11.2 Å². The van der Waals surface area contributed by atoms with Crippen molar-refractivity contribution in [3.63, 3.8) is 0 Å². The third kappa shape index (κ3) is 8.12. The molecule has 48 heavy (non-hydrogen) atoms. The third-order valence-electron chi connectivity index (χ3n) is 8.89. The lowest BCUT2D eigenvalue weighted by molar-refractivity contribution is -0.384. The molecule has 1 aliphatic heterocycles. The summed E-state index contributed by atoms with van der Waals surface area (Å²) in [7, 11) is 0. The van der Waals surface area contributed by atoms with Gasteiger partial charge in [-0.25, -0.2) is 14.6 Å². The normalized spacial score (nSPS) is 21.6. The number of aromatic nitrogens is 4. The molecule has 0 bridgehead atoms. The molecule has 2 aromatic heterocycles. The van der Waals surface area contributed by atoms with Gasteiger partial charge < -0.3 is 34.9 Å². The second-order valence-electron chi connectivity index (χ2n) is 13.7. The molecule has 1 unspecified atom stereocenters. The Morgan fingerprint density at radius 1 is 0.938 bits per heavy atom. The molecule has 2 fully saturated rings. The standard InChI is InChI=1S/C33H43N9O6/c1-33(2,3)48-31(43)37-22-10-8-21(9-11-22)36-30-38-28(27-29(39-30)41(20-34-27)24-6-4-5-7-24)35-23-16-18-40(19-17-23)32(44)47-26-14-12-25(13-15-26)42(45)46/h4,6,12-15,20-24H,5,7-11,16-19H2,1-3H3,(H,37,43)(H2,35,36,38,39). The van der Waals surface area contributed by atoms with E-state index in [0.717, 1.165) is 44.2 Å². The molecule has 0 radical (unpaired) electrons. The van der Waals surface area contributed by atoms with Gasteiger partial charge in [0.1, 0.15) is 11.4 Å². The Hall–Kier alpha value is -4.95. The number of piperidine rings is 1. The van der Waals surface area contributed by atoms with Crippen LogP contribution in [0.2, 0.25) is 0 Å². The number of anilines is 2. The lowest BCUT2D eigenvalue weighted by Crippen LogP contribution is -2.43. The SMILES string of the molecule is CC(C)(C)OC(=O)NC1CCC(Nc2nc(NC3CCN(C(=O)Oc4ccc([N+](=O)[O-])cc4)CC3)c3ncn(C4C=CCC4)c3n2)CC1. The summed E-state index contributed by atoms with van der Waals surface area (Å²) >= 11 is 0. The van der Waals surface area contributed by atoms with E-state index in [9.17, 15) is 19.7 Å². The van der Waals surface area contributed by atoms with Crippen molar-refractivity contribution in [3.8, 4) is 5.75 Å². The minimum absolute atomic E-state index is 0.0465. The summed E-state index contributed by atoms with van der Waals surface area (Å²) in [5.41, 5.74) is 0.858. The Morgan fingerprint density at radius 3 is 2.27 bits per heavy atom. The second-order valence-corrected chi connectivity index (χ2v) is 13.7. The van der Waals surface area contributed by atoms with Crippen molar-refractivity contribution in [1.82, 2.24) is 29.7 Å². The average molecular weight is 662 g/mol. The van der Waals surface area contributed by atoms with Crippen molar-refractivity contribution in [1.29, 1.82) is 0 Å². The molecule has 2 aliphatic carbocycles. The van der Waals surface area contributed by atoms with Gasteiger partial charge in [-0.3, -0.25) is 10.1 Å². The van der Waals surface area contributed by atoms with Crippen LogP contribution in [0.5, 0.6) is 5.75 Å². The first kappa shape index (κ1) is 33.0. The van der Waals surface area contributed by atoms with Crippen molar-refractivity contribution in [2.45, 2.75) is 102 Å². The summed E-state index contributed by atoms with van der Waals surface area (Å²) < 4.78 is 13.0. The minimum Gasteiger partial charge on any atom is -0.444 e. The Bertz CT molecular complexity index is 1650. The Balaban J connectivity index is 1.09. The summed E-state index contributed by atoms with van der Waals surface area (Å²) in [5, 5.41) is 21.0. The van der Waals surface area contributed by atoms with Crippen LogP contribution in [0, 0.1) is 10.1 Å². The number of nitro benzene ring substituents is 1. The van der Waals surface area contributed by atoms with Gasteiger partial charge in [-0.05, 0) is 84.3 Å². The molecule has 1 saturated heterocycles. The number of amides is 2. The summed E-state index contributed by atoms with van der Waals surface area (Å²) in [6, 6.07) is 5.90. The molecule has 1 saturated carbocycles. The van der Waals surface area contributed by atoms with E-state index >= 15 is 0 Å². The Morgan fingerprint density at radius 2 is 1.62 bits per heavy atom. The number of imidazole rings is 1. The van der Waals surface area contributed by atoms with E-state index in [4.69, 9.17) is 24.4 Å². The van der Waals surface area contributed by atoms with Crippen LogP contribution < -0.4 is 20.7 Å². The number of alkyl carbamates (subject to hydrolysis) is 1. The zero-order valence-electron chi connectivity index (χ0n) is 27.6. The van der Waals surface area contributed by atoms with E-state index < -0.39 is 16.6 Å². The smallest absolute Gasteiger partial charge is 0.415 e. The number of non-ortho nitro benzene ring substituents is 1. The second kappa shape index (κ2) is 14.0. The molecule has 3 aromatic rings. The highest BCUT2D eigenvalue weighted by Gasteiger charge is 2.28. The molecule has 256 valence electrons. The summed E-state index contributed by atoms with van der Waals surface area (Å²) in [6.45, 7) is 6.52. The van der Waals surface area contributed by atoms with Crippen molar-refractivity contribution in [3.05, 3.63) is 52.9 Å². The fraction of sp³-hybridized carbons (Fsp3) is 0.545. The first-order chi connectivity index (χ1) is 23.0. The van der Waals surface area contributed by atoms with Gasteiger partial charge in [0.2, 0.25) is 5.95 Å². The van der Waals surface area contributed by atoms with Crippen LogP contribution in [0.15, 0.2) is 42.7 Å². The lowest BCUT2D eigenvalue weighted by atomic mass is 9.91. The van der Waals surface area contributed by atoms with E-state index in [1.165, 1.54) is 24.3 Å². The van der Waals surface area contributed by atoms with Crippen LogP contribution in [-0.2, 0) is 4.74 Å². The van der Waals surface area contributed by atoms with E-state index in [0.29, 0.717) is 43.2 Å². The number of nitrogens with one attached hydrogen (secondary N) is 3. The molecule has 6 rings (SSSR count). The van der Waals surface area contributed by atoms with Gasteiger partial charge in [0.25, 0.3) is 5.69 Å². The summed E-state index contributed by atoms with van der Waals surface area (Å²) in [6.07, 6.45) is 12.0. The summed E-state index contributed by atoms with van der Waals surface area (Å²) in [5.74, 6) is 1.44. The highest BCUT2D eigenvalue weighted by atomic mass is 16.6. The van der Waals surface area contributed by atoms with Crippen LogP contribution in [0.1, 0.15) is 78.2 Å². The molecule has 0 spiro atoms. The fourth-order valence-corrected chi connectivity index (χ4v) is 6.41. The molecular weight excluding hydrogens is 618 g/mol. The van der Waals surface area contributed by atoms with E-state index in [1.807, 2.05) is 27.1 Å². The number of nitrogens with zero attached hydrogens (tertiary/aromatic N) is 6. The zero-order valence-corrected chi connectivity index (χ0v) is 27.6. The molecule has 15 nitrogen and oxygen atoms in total. The van der Waals surface area contributed by atoms with Gasteiger partial charge in [0.15, 0.2) is 17.0 Å². The van der Waals surface area contributed by atoms with Crippen molar-refractivity contribution in [2.24, 2.45) is 0 Å². The van der Waals surface area contributed by atoms with E-state index in [2.05, 4.69) is 32.7 Å². The monoisotopic (exact) mass is 661 g/mol. The number of hydrogen-bond donors (Lipinski definition) is 3. The first-order valence-corrected chi connectivity index (χ1v) is 16.7. The van der Waals surface area contributed by atoms with Gasteiger partial charge in [0, 0.05) is 43.3 Å². The third-order valence-corrected chi connectivity index (χ3v) is 8.89. The number of carbonyl (C=O) groups is 2. The van der Waals surface area contributed by atoms with Gasteiger partial charge in [-0.15, -0.1) is 0 Å². The lowest BCUT2D eigenvalue weighted by Gasteiger charge is -2.32. The number of carbonyl (C=O) groups excluding carboxylic acids is 2. The molecule has 2 amide bonds. The maximum Gasteiger partial charge on any atom is 0.415 e. The maximum absolute atomic E-state index is 12.8. The first-order valence-electron chi connectivity index (χ1n) is 16.7. The molecule has 3 aliphatic rings. The molecule has 3 N–H and O–H groups in total. The number of allylic oxidation sites excluding steroid dienone is 2. The topological polar surface area (TPSA) is 179 Å².